The van der Waals surface area contributed by atoms with E-state index in [0.717, 1.165) is 25.7 Å². The Bertz CT molecular complexity index is 339. The fourth-order valence-corrected chi connectivity index (χ4v) is 2.89. The fourth-order valence-electron chi connectivity index (χ4n) is 2.89. The van der Waals surface area contributed by atoms with E-state index in [4.69, 9.17) is 5.11 Å². The highest BCUT2D eigenvalue weighted by atomic mass is 16.4. The second-order valence-electron chi connectivity index (χ2n) is 5.88. The maximum Gasteiger partial charge on any atom is 0.315 e. The maximum absolute atomic E-state index is 11.7. The summed E-state index contributed by atoms with van der Waals surface area (Å²) in [5.41, 5.74) is -0.708. The molecule has 0 radical (unpaired) electrons. The van der Waals surface area contributed by atoms with Crippen molar-refractivity contribution < 1.29 is 14.7 Å². The molecule has 18 heavy (non-hydrogen) atoms. The molecule has 0 saturated heterocycles. The monoisotopic (exact) mass is 254 g/mol. The molecule has 2 aliphatic carbocycles. The van der Waals surface area contributed by atoms with Gasteiger partial charge in [0.2, 0.25) is 0 Å². The van der Waals surface area contributed by atoms with Crippen LogP contribution in [0.4, 0.5) is 4.79 Å². The molecule has 0 aliphatic heterocycles. The van der Waals surface area contributed by atoms with E-state index in [9.17, 15) is 9.59 Å². The third kappa shape index (κ3) is 2.76. The minimum absolute atomic E-state index is 0.221. The Kier molecular flexibility index (Phi) is 3.78. The fraction of sp³-hybridized carbons (Fsp3) is 0.846. The van der Waals surface area contributed by atoms with E-state index in [2.05, 4.69) is 17.6 Å². The quantitative estimate of drug-likeness (QED) is 0.715. The molecule has 0 spiro atoms. The molecule has 2 unspecified atom stereocenters. The lowest BCUT2D eigenvalue weighted by Gasteiger charge is -2.37. The second-order valence-corrected chi connectivity index (χ2v) is 5.88. The summed E-state index contributed by atoms with van der Waals surface area (Å²) in [7, 11) is 0. The van der Waals surface area contributed by atoms with Gasteiger partial charge >= 0.3 is 12.0 Å². The van der Waals surface area contributed by atoms with Crippen LogP contribution >= 0.6 is 0 Å². The molecule has 0 bridgehead atoms. The van der Waals surface area contributed by atoms with E-state index in [-0.39, 0.29) is 18.6 Å². The number of carbonyl (C=O) groups is 2. The second kappa shape index (κ2) is 5.16. The van der Waals surface area contributed by atoms with Gasteiger partial charge < -0.3 is 15.7 Å². The van der Waals surface area contributed by atoms with Crippen molar-refractivity contribution in [1.82, 2.24) is 10.6 Å². The highest BCUT2D eigenvalue weighted by Gasteiger charge is 2.44. The highest BCUT2D eigenvalue weighted by molar-refractivity contribution is 5.79. The lowest BCUT2D eigenvalue weighted by atomic mass is 9.69. The Morgan fingerprint density at radius 2 is 2.06 bits per heavy atom. The third-order valence-corrected chi connectivity index (χ3v) is 4.38. The van der Waals surface area contributed by atoms with Gasteiger partial charge in [0.25, 0.3) is 0 Å². The topological polar surface area (TPSA) is 78.4 Å². The first kappa shape index (κ1) is 13.2. The lowest BCUT2D eigenvalue weighted by molar-refractivity contribution is -0.153. The molecular formula is C13H22N2O3. The van der Waals surface area contributed by atoms with Crippen LogP contribution in [0.5, 0.6) is 0 Å². The van der Waals surface area contributed by atoms with Crippen LogP contribution in [0, 0.1) is 11.3 Å². The molecule has 5 nitrogen and oxygen atoms in total. The Hall–Kier alpha value is -1.26. The van der Waals surface area contributed by atoms with Crippen molar-refractivity contribution in [2.75, 3.05) is 6.54 Å². The zero-order valence-corrected chi connectivity index (χ0v) is 10.9. The van der Waals surface area contributed by atoms with Crippen LogP contribution in [0.1, 0.15) is 45.4 Å². The number of carboxylic acids is 1. The van der Waals surface area contributed by atoms with Crippen LogP contribution < -0.4 is 10.6 Å². The van der Waals surface area contributed by atoms with Gasteiger partial charge in [-0.1, -0.05) is 13.3 Å². The lowest BCUT2D eigenvalue weighted by Crippen LogP contribution is -2.51. The summed E-state index contributed by atoms with van der Waals surface area (Å²) < 4.78 is 0. The number of urea groups is 1. The van der Waals surface area contributed by atoms with E-state index >= 15 is 0 Å². The molecule has 2 rings (SSSR count). The van der Waals surface area contributed by atoms with Gasteiger partial charge in [0, 0.05) is 12.6 Å². The van der Waals surface area contributed by atoms with Gasteiger partial charge in [-0.25, -0.2) is 4.79 Å². The summed E-state index contributed by atoms with van der Waals surface area (Å²) in [6.45, 7) is 2.43. The summed E-state index contributed by atoms with van der Waals surface area (Å²) in [5, 5.41) is 14.8. The van der Waals surface area contributed by atoms with Gasteiger partial charge in [0.05, 0.1) is 5.41 Å². The Labute approximate surface area is 107 Å². The van der Waals surface area contributed by atoms with Crippen molar-refractivity contribution >= 4 is 12.0 Å². The van der Waals surface area contributed by atoms with E-state index in [1.165, 1.54) is 0 Å². The van der Waals surface area contributed by atoms with Crippen molar-refractivity contribution in [3.05, 3.63) is 0 Å². The molecule has 0 aromatic rings. The normalized spacial score (nSPS) is 29.4. The Balaban J connectivity index is 1.73. The number of carbonyl (C=O) groups excluding carboxylic acids is 1. The van der Waals surface area contributed by atoms with E-state index < -0.39 is 11.4 Å². The molecular weight excluding hydrogens is 232 g/mol. The minimum atomic E-state index is -0.788. The Morgan fingerprint density at radius 3 is 2.50 bits per heavy atom. The zero-order chi connectivity index (χ0) is 13.2. The largest absolute Gasteiger partial charge is 0.481 e. The van der Waals surface area contributed by atoms with Crippen molar-refractivity contribution in [2.24, 2.45) is 11.3 Å². The van der Waals surface area contributed by atoms with Gasteiger partial charge in [-0.2, -0.15) is 0 Å². The van der Waals surface area contributed by atoms with Crippen molar-refractivity contribution in [3.63, 3.8) is 0 Å². The maximum atomic E-state index is 11.7. The summed E-state index contributed by atoms with van der Waals surface area (Å²) in [5.74, 6) is -0.115. The number of amides is 2. The zero-order valence-electron chi connectivity index (χ0n) is 10.9. The summed E-state index contributed by atoms with van der Waals surface area (Å²) in [6.07, 6.45) is 5.49. The van der Waals surface area contributed by atoms with Crippen LogP contribution in [-0.4, -0.2) is 29.7 Å². The summed E-state index contributed by atoms with van der Waals surface area (Å²) in [6, 6.07) is 0.0313. The average molecular weight is 254 g/mol. The molecule has 102 valence electrons. The minimum Gasteiger partial charge on any atom is -0.481 e. The van der Waals surface area contributed by atoms with Crippen LogP contribution in [0.3, 0.4) is 0 Å². The SMILES string of the molecule is CC1CCC(NC(=O)NCC2(C(=O)O)CCC2)C1. The van der Waals surface area contributed by atoms with Crippen molar-refractivity contribution in [3.8, 4) is 0 Å². The molecule has 3 N–H and O–H groups in total. The molecule has 2 amide bonds. The summed E-state index contributed by atoms with van der Waals surface area (Å²) in [4.78, 5) is 22.8. The van der Waals surface area contributed by atoms with Crippen LogP contribution in [0.25, 0.3) is 0 Å². The first-order valence-corrected chi connectivity index (χ1v) is 6.80. The van der Waals surface area contributed by atoms with Crippen LogP contribution in [0.15, 0.2) is 0 Å². The molecule has 2 fully saturated rings. The number of aliphatic carboxylic acids is 1. The van der Waals surface area contributed by atoms with E-state index in [1.807, 2.05) is 0 Å². The predicted molar refractivity (Wildman–Crippen MR) is 67.3 cm³/mol. The summed E-state index contributed by atoms with van der Waals surface area (Å²) >= 11 is 0. The van der Waals surface area contributed by atoms with Crippen molar-refractivity contribution in [1.29, 1.82) is 0 Å². The highest BCUT2D eigenvalue weighted by Crippen LogP contribution is 2.40. The smallest absolute Gasteiger partial charge is 0.315 e. The molecule has 0 aromatic heterocycles. The average Bonchev–Trinajstić information content (AvgIpc) is 2.61. The predicted octanol–water partition coefficient (Wildman–Crippen LogP) is 1.73. The number of hydrogen-bond donors (Lipinski definition) is 3. The number of nitrogens with one attached hydrogen (secondary N) is 2. The molecule has 0 aromatic carbocycles. The molecule has 2 atom stereocenters. The number of rotatable bonds is 4. The third-order valence-electron chi connectivity index (χ3n) is 4.38. The van der Waals surface area contributed by atoms with Gasteiger partial charge in [-0.3, -0.25) is 4.79 Å². The first-order valence-electron chi connectivity index (χ1n) is 6.80. The Morgan fingerprint density at radius 1 is 1.33 bits per heavy atom. The van der Waals surface area contributed by atoms with Gasteiger partial charge in [-0.15, -0.1) is 0 Å². The van der Waals surface area contributed by atoms with Crippen molar-refractivity contribution in [2.45, 2.75) is 51.5 Å². The van der Waals surface area contributed by atoms with Crippen LogP contribution in [-0.2, 0) is 4.79 Å². The van der Waals surface area contributed by atoms with Crippen LogP contribution in [0.2, 0.25) is 0 Å². The first-order chi connectivity index (χ1) is 8.52. The molecule has 2 aliphatic rings. The molecule has 2 saturated carbocycles. The standard InChI is InChI=1S/C13H22N2O3/c1-9-3-4-10(7-9)15-12(18)14-8-13(11(16)17)5-2-6-13/h9-10H,2-8H2,1H3,(H,16,17)(H2,14,15,18). The van der Waals surface area contributed by atoms with Gasteiger partial charge in [0.15, 0.2) is 0 Å². The van der Waals surface area contributed by atoms with Gasteiger partial charge in [0.1, 0.15) is 0 Å². The number of hydrogen-bond acceptors (Lipinski definition) is 2. The van der Waals surface area contributed by atoms with E-state index in [1.54, 1.807) is 0 Å². The molecule has 5 heteroatoms. The van der Waals surface area contributed by atoms with E-state index in [0.29, 0.717) is 18.8 Å². The molecule has 0 heterocycles. The number of carboxylic acid groups (broad SMARTS) is 1. The van der Waals surface area contributed by atoms with Gasteiger partial charge in [-0.05, 0) is 38.0 Å².